The number of hydrogen-bond acceptors (Lipinski definition) is 2. The number of amides is 1. The van der Waals surface area contributed by atoms with Gasteiger partial charge >= 0.3 is 5.97 Å². The summed E-state index contributed by atoms with van der Waals surface area (Å²) >= 11 is 0. The van der Waals surface area contributed by atoms with E-state index in [1.54, 1.807) is 0 Å². The third-order valence-electron chi connectivity index (χ3n) is 4.05. The van der Waals surface area contributed by atoms with Crippen molar-refractivity contribution in [3.8, 4) is 0 Å². The van der Waals surface area contributed by atoms with Gasteiger partial charge in [0.2, 0.25) is 5.91 Å². The maximum absolute atomic E-state index is 12.0. The van der Waals surface area contributed by atoms with E-state index >= 15 is 0 Å². The smallest absolute Gasteiger partial charge is 0.306 e. The van der Waals surface area contributed by atoms with Gasteiger partial charge in [-0.2, -0.15) is 0 Å². The van der Waals surface area contributed by atoms with Crippen LogP contribution in [-0.4, -0.2) is 34.5 Å². The normalized spacial score (nSPS) is 31.1. The third kappa shape index (κ3) is 2.99. The zero-order valence-electron chi connectivity index (χ0n) is 10.2. The highest BCUT2D eigenvalue weighted by Gasteiger charge is 2.32. The SMILES string of the molecule is O=C(O)C1CCCC(N2CCCCCC2=O)C1. The minimum absolute atomic E-state index is 0.176. The van der Waals surface area contributed by atoms with Crippen LogP contribution >= 0.6 is 0 Å². The van der Waals surface area contributed by atoms with Gasteiger partial charge in [0.05, 0.1) is 5.92 Å². The minimum Gasteiger partial charge on any atom is -0.481 e. The Morgan fingerprint density at radius 1 is 1.18 bits per heavy atom. The van der Waals surface area contributed by atoms with Crippen molar-refractivity contribution in [1.29, 1.82) is 0 Å². The number of carboxylic acid groups (broad SMARTS) is 1. The molecule has 17 heavy (non-hydrogen) atoms. The number of hydrogen-bond donors (Lipinski definition) is 1. The van der Waals surface area contributed by atoms with Crippen molar-refractivity contribution in [1.82, 2.24) is 4.90 Å². The zero-order valence-corrected chi connectivity index (χ0v) is 10.2. The molecule has 1 saturated carbocycles. The first-order valence-electron chi connectivity index (χ1n) is 6.71. The van der Waals surface area contributed by atoms with Crippen LogP contribution < -0.4 is 0 Å². The maximum Gasteiger partial charge on any atom is 0.306 e. The monoisotopic (exact) mass is 239 g/mol. The molecule has 1 amide bonds. The zero-order chi connectivity index (χ0) is 12.3. The van der Waals surface area contributed by atoms with Crippen LogP contribution in [0.4, 0.5) is 0 Å². The Balaban J connectivity index is 1.99. The summed E-state index contributed by atoms with van der Waals surface area (Å²) in [5.74, 6) is -0.708. The van der Waals surface area contributed by atoms with Crippen LogP contribution in [0.15, 0.2) is 0 Å². The summed E-state index contributed by atoms with van der Waals surface area (Å²) < 4.78 is 0. The second-order valence-electron chi connectivity index (χ2n) is 5.25. The van der Waals surface area contributed by atoms with Crippen molar-refractivity contribution in [2.45, 2.75) is 57.4 Å². The quantitative estimate of drug-likeness (QED) is 0.802. The predicted octanol–water partition coefficient (Wildman–Crippen LogP) is 2.03. The van der Waals surface area contributed by atoms with Crippen molar-refractivity contribution in [3.05, 3.63) is 0 Å². The summed E-state index contributed by atoms with van der Waals surface area (Å²) in [7, 11) is 0. The Labute approximate surface area is 102 Å². The third-order valence-corrected chi connectivity index (χ3v) is 4.05. The van der Waals surface area contributed by atoms with E-state index < -0.39 is 5.97 Å². The molecule has 1 heterocycles. The number of carbonyl (C=O) groups is 2. The van der Waals surface area contributed by atoms with Crippen molar-refractivity contribution in [3.63, 3.8) is 0 Å². The highest BCUT2D eigenvalue weighted by molar-refractivity contribution is 5.77. The lowest BCUT2D eigenvalue weighted by Gasteiger charge is -2.35. The van der Waals surface area contributed by atoms with E-state index in [1.807, 2.05) is 4.90 Å². The predicted molar refractivity (Wildman–Crippen MR) is 63.6 cm³/mol. The summed E-state index contributed by atoms with van der Waals surface area (Å²) in [6, 6.07) is 0.176. The van der Waals surface area contributed by atoms with Gasteiger partial charge in [0.15, 0.2) is 0 Å². The van der Waals surface area contributed by atoms with Gasteiger partial charge in [0, 0.05) is 19.0 Å². The largest absolute Gasteiger partial charge is 0.481 e. The molecule has 0 aromatic heterocycles. The fraction of sp³-hybridized carbons (Fsp3) is 0.846. The first kappa shape index (κ1) is 12.4. The fourth-order valence-corrected chi connectivity index (χ4v) is 3.06. The Morgan fingerprint density at radius 3 is 2.76 bits per heavy atom. The van der Waals surface area contributed by atoms with Gasteiger partial charge in [-0.1, -0.05) is 12.8 Å². The molecule has 2 rings (SSSR count). The van der Waals surface area contributed by atoms with Crippen LogP contribution in [-0.2, 0) is 9.59 Å². The van der Waals surface area contributed by atoms with Gasteiger partial charge < -0.3 is 10.0 Å². The molecule has 2 atom stereocenters. The second-order valence-corrected chi connectivity index (χ2v) is 5.25. The molecule has 2 fully saturated rings. The minimum atomic E-state index is -0.697. The lowest BCUT2D eigenvalue weighted by Crippen LogP contribution is -2.43. The number of likely N-dealkylation sites (tertiary alicyclic amines) is 1. The Morgan fingerprint density at radius 2 is 2.00 bits per heavy atom. The van der Waals surface area contributed by atoms with Crippen molar-refractivity contribution in [2.24, 2.45) is 5.92 Å². The molecule has 96 valence electrons. The summed E-state index contributed by atoms with van der Waals surface area (Å²) in [4.78, 5) is 25.0. The van der Waals surface area contributed by atoms with Gasteiger partial charge in [-0.3, -0.25) is 9.59 Å². The molecule has 0 spiro atoms. The molecule has 0 bridgehead atoms. The van der Waals surface area contributed by atoms with Crippen LogP contribution in [0.5, 0.6) is 0 Å². The number of nitrogens with zero attached hydrogens (tertiary/aromatic N) is 1. The molecule has 2 aliphatic rings. The lowest BCUT2D eigenvalue weighted by atomic mass is 9.85. The molecule has 1 saturated heterocycles. The van der Waals surface area contributed by atoms with E-state index in [4.69, 9.17) is 5.11 Å². The van der Waals surface area contributed by atoms with E-state index in [-0.39, 0.29) is 17.9 Å². The standard InChI is InChI=1S/C13H21NO3/c15-12-7-2-1-3-8-14(12)11-6-4-5-10(9-11)13(16)17/h10-11H,1-9H2,(H,16,17). The van der Waals surface area contributed by atoms with E-state index in [9.17, 15) is 9.59 Å². The second kappa shape index (κ2) is 5.52. The molecule has 2 unspecified atom stereocenters. The number of carbonyl (C=O) groups excluding carboxylic acids is 1. The van der Waals surface area contributed by atoms with Crippen molar-refractivity contribution in [2.75, 3.05) is 6.54 Å². The van der Waals surface area contributed by atoms with Gasteiger partial charge in [0.1, 0.15) is 0 Å². The summed E-state index contributed by atoms with van der Waals surface area (Å²) in [6.07, 6.45) is 7.17. The Kier molecular flexibility index (Phi) is 4.02. The molecule has 1 aliphatic heterocycles. The molecule has 1 aliphatic carbocycles. The summed E-state index contributed by atoms with van der Waals surface area (Å²) in [5.41, 5.74) is 0. The average Bonchev–Trinajstić information content (AvgIpc) is 2.54. The van der Waals surface area contributed by atoms with Crippen LogP contribution in [0.3, 0.4) is 0 Å². The van der Waals surface area contributed by atoms with E-state index in [1.165, 1.54) is 0 Å². The highest BCUT2D eigenvalue weighted by Crippen LogP contribution is 2.29. The van der Waals surface area contributed by atoms with E-state index in [0.717, 1.165) is 45.1 Å². The summed E-state index contributed by atoms with van der Waals surface area (Å²) in [5, 5.41) is 9.07. The maximum atomic E-state index is 12.0. The average molecular weight is 239 g/mol. The molecular formula is C13H21NO3. The topological polar surface area (TPSA) is 57.6 Å². The molecule has 1 N–H and O–H groups in total. The molecule has 0 radical (unpaired) electrons. The first-order chi connectivity index (χ1) is 8.18. The lowest BCUT2D eigenvalue weighted by molar-refractivity contribution is -0.145. The van der Waals surface area contributed by atoms with Crippen LogP contribution in [0.25, 0.3) is 0 Å². The molecule has 4 heteroatoms. The number of aliphatic carboxylic acids is 1. The van der Waals surface area contributed by atoms with Crippen LogP contribution in [0.2, 0.25) is 0 Å². The fourth-order valence-electron chi connectivity index (χ4n) is 3.06. The molecule has 0 aromatic carbocycles. The first-order valence-corrected chi connectivity index (χ1v) is 6.71. The van der Waals surface area contributed by atoms with Gasteiger partial charge in [0.25, 0.3) is 0 Å². The molecule has 4 nitrogen and oxygen atoms in total. The number of rotatable bonds is 2. The highest BCUT2D eigenvalue weighted by atomic mass is 16.4. The Hall–Kier alpha value is -1.06. The van der Waals surface area contributed by atoms with Crippen LogP contribution in [0, 0.1) is 5.92 Å². The Bertz CT molecular complexity index is 303. The van der Waals surface area contributed by atoms with Crippen molar-refractivity contribution >= 4 is 11.9 Å². The van der Waals surface area contributed by atoms with Gasteiger partial charge in [-0.15, -0.1) is 0 Å². The number of carboxylic acids is 1. The van der Waals surface area contributed by atoms with Crippen molar-refractivity contribution < 1.29 is 14.7 Å². The van der Waals surface area contributed by atoms with Gasteiger partial charge in [-0.25, -0.2) is 0 Å². The van der Waals surface area contributed by atoms with Crippen LogP contribution in [0.1, 0.15) is 51.4 Å². The molecule has 0 aromatic rings. The van der Waals surface area contributed by atoms with Gasteiger partial charge in [-0.05, 0) is 32.1 Å². The van der Waals surface area contributed by atoms with E-state index in [2.05, 4.69) is 0 Å². The molecular weight excluding hydrogens is 218 g/mol. The van der Waals surface area contributed by atoms with E-state index in [0.29, 0.717) is 12.8 Å². The summed E-state index contributed by atoms with van der Waals surface area (Å²) in [6.45, 7) is 0.829.